The molecule has 0 aliphatic rings. The molecule has 0 amide bonds. The molecule has 0 bridgehead atoms. The summed E-state index contributed by atoms with van der Waals surface area (Å²) in [5.41, 5.74) is 4.97. The summed E-state index contributed by atoms with van der Waals surface area (Å²) in [6.45, 7) is 4.29. The van der Waals surface area contributed by atoms with Crippen molar-refractivity contribution >= 4 is 51.8 Å². The summed E-state index contributed by atoms with van der Waals surface area (Å²) in [5.74, 6) is 0. The molecule has 166 valence electrons. The van der Waals surface area contributed by atoms with Crippen molar-refractivity contribution in [2.75, 3.05) is 0 Å². The van der Waals surface area contributed by atoms with Crippen molar-refractivity contribution in [3.63, 3.8) is 0 Å². The average Bonchev–Trinajstić information content (AvgIpc) is 2.90. The quantitative estimate of drug-likeness (QED) is 0.223. The van der Waals surface area contributed by atoms with E-state index in [4.69, 9.17) is 11.6 Å². The van der Waals surface area contributed by atoms with Crippen LogP contribution in [0.5, 0.6) is 0 Å². The fraction of sp³-hybridized carbons (Fsp3) is 0.0625. The molecule has 0 nitrogen and oxygen atoms in total. The van der Waals surface area contributed by atoms with Crippen LogP contribution in [0.3, 0.4) is 0 Å². The zero-order valence-electron chi connectivity index (χ0n) is 19.4. The first-order valence-electron chi connectivity index (χ1n) is 11.5. The van der Waals surface area contributed by atoms with E-state index < -0.39 is 7.92 Å². The second-order valence-corrected chi connectivity index (χ2v) is 11.0. The molecule has 0 radical (unpaired) electrons. The van der Waals surface area contributed by atoms with Gasteiger partial charge in [0, 0.05) is 5.02 Å². The van der Waals surface area contributed by atoms with Crippen molar-refractivity contribution in [3.8, 4) is 11.1 Å². The Morgan fingerprint density at radius 2 is 1.32 bits per heavy atom. The van der Waals surface area contributed by atoms with Crippen molar-refractivity contribution in [1.29, 1.82) is 0 Å². The first-order valence-corrected chi connectivity index (χ1v) is 13.2. The number of halogens is 1. The lowest BCUT2D eigenvalue weighted by molar-refractivity contribution is 1.55. The van der Waals surface area contributed by atoms with E-state index in [0.29, 0.717) is 0 Å². The molecule has 0 aromatic heterocycles. The van der Waals surface area contributed by atoms with Crippen LogP contribution in [0.4, 0.5) is 0 Å². The highest BCUT2D eigenvalue weighted by molar-refractivity contribution is 7.80. The average molecular weight is 477 g/mol. The molecular weight excluding hydrogens is 451 g/mol. The van der Waals surface area contributed by atoms with Gasteiger partial charge in [0.05, 0.1) is 0 Å². The summed E-state index contributed by atoms with van der Waals surface area (Å²) in [6.07, 6.45) is 2.19. The van der Waals surface area contributed by atoms with Crippen LogP contribution >= 0.6 is 19.5 Å². The summed E-state index contributed by atoms with van der Waals surface area (Å²) in [4.78, 5) is 0. The third kappa shape index (κ3) is 4.32. The molecule has 0 spiro atoms. The van der Waals surface area contributed by atoms with Gasteiger partial charge in [0.1, 0.15) is 0 Å². The standard InChI is InChI=1S/C32H26ClP/c1-3-23(2)28-20-18-24-12-10-11-17-29(24)32(28)30-22-25(33)19-21-31(30)34(26-13-6-4-7-14-26)27-15-8-5-9-16-27/h3-22H,1-2H3/b23-3+. The van der Waals surface area contributed by atoms with Crippen LogP contribution in [0.2, 0.25) is 5.02 Å². The summed E-state index contributed by atoms with van der Waals surface area (Å²) in [5, 5.41) is 7.22. The van der Waals surface area contributed by atoms with Crippen LogP contribution in [0.1, 0.15) is 19.4 Å². The van der Waals surface area contributed by atoms with Crippen molar-refractivity contribution in [2.45, 2.75) is 13.8 Å². The van der Waals surface area contributed by atoms with E-state index in [2.05, 4.69) is 129 Å². The molecule has 0 saturated carbocycles. The van der Waals surface area contributed by atoms with Crippen molar-refractivity contribution in [3.05, 3.63) is 132 Å². The third-order valence-corrected chi connectivity index (χ3v) is 9.02. The highest BCUT2D eigenvalue weighted by Crippen LogP contribution is 2.42. The van der Waals surface area contributed by atoms with Crippen molar-refractivity contribution in [2.24, 2.45) is 0 Å². The Kier molecular flexibility index (Phi) is 6.63. The van der Waals surface area contributed by atoms with Gasteiger partial charge >= 0.3 is 0 Å². The summed E-state index contributed by atoms with van der Waals surface area (Å²) >= 11 is 6.67. The largest absolute Gasteiger partial charge is 0.0843 e. The summed E-state index contributed by atoms with van der Waals surface area (Å²) in [6, 6.07) is 41.3. The minimum Gasteiger partial charge on any atom is -0.0843 e. The van der Waals surface area contributed by atoms with Gasteiger partial charge in [-0.05, 0) is 82.9 Å². The molecule has 34 heavy (non-hydrogen) atoms. The molecule has 5 aromatic rings. The molecule has 2 heteroatoms. The van der Waals surface area contributed by atoms with Crippen LogP contribution in [-0.4, -0.2) is 0 Å². The monoisotopic (exact) mass is 476 g/mol. The molecule has 0 atom stereocenters. The van der Waals surface area contributed by atoms with Crippen LogP contribution in [0, 0.1) is 0 Å². The maximum atomic E-state index is 6.67. The van der Waals surface area contributed by atoms with Gasteiger partial charge in [-0.2, -0.15) is 0 Å². The lowest BCUT2D eigenvalue weighted by Gasteiger charge is -2.24. The second-order valence-electron chi connectivity index (χ2n) is 8.35. The first kappa shape index (κ1) is 22.6. The van der Waals surface area contributed by atoms with Gasteiger partial charge in [-0.3, -0.25) is 0 Å². The fourth-order valence-electron chi connectivity index (χ4n) is 4.53. The fourth-order valence-corrected chi connectivity index (χ4v) is 7.14. The van der Waals surface area contributed by atoms with Crippen LogP contribution in [-0.2, 0) is 0 Å². The minimum atomic E-state index is -0.772. The van der Waals surface area contributed by atoms with E-state index in [9.17, 15) is 0 Å². The Balaban J connectivity index is 1.88. The zero-order chi connectivity index (χ0) is 23.5. The Morgan fingerprint density at radius 3 is 1.97 bits per heavy atom. The van der Waals surface area contributed by atoms with E-state index in [1.807, 2.05) is 6.07 Å². The lowest BCUT2D eigenvalue weighted by atomic mass is 9.90. The van der Waals surface area contributed by atoms with Crippen LogP contribution in [0.25, 0.3) is 27.5 Å². The predicted molar refractivity (Wildman–Crippen MR) is 152 cm³/mol. The maximum Gasteiger partial charge on any atom is 0.0412 e. The molecule has 0 saturated heterocycles. The van der Waals surface area contributed by atoms with Crippen molar-refractivity contribution < 1.29 is 0 Å². The zero-order valence-corrected chi connectivity index (χ0v) is 21.0. The van der Waals surface area contributed by atoms with Gasteiger partial charge in [-0.25, -0.2) is 0 Å². The second kappa shape index (κ2) is 9.98. The Labute approximate surface area is 208 Å². The molecule has 0 N–H and O–H groups in total. The smallest absolute Gasteiger partial charge is 0.0412 e. The molecule has 0 aliphatic carbocycles. The third-order valence-electron chi connectivity index (χ3n) is 6.28. The van der Waals surface area contributed by atoms with Gasteiger partial charge in [-0.15, -0.1) is 0 Å². The number of hydrogen-bond acceptors (Lipinski definition) is 0. The first-order chi connectivity index (χ1) is 16.7. The predicted octanol–water partition coefficient (Wildman–Crippen LogP) is 8.34. The molecule has 0 heterocycles. The Hall–Kier alpha value is -3.18. The van der Waals surface area contributed by atoms with Gasteiger partial charge in [0.25, 0.3) is 0 Å². The number of hydrogen-bond donors (Lipinski definition) is 0. The normalized spacial score (nSPS) is 11.8. The van der Waals surface area contributed by atoms with E-state index >= 15 is 0 Å². The van der Waals surface area contributed by atoms with Crippen molar-refractivity contribution in [1.82, 2.24) is 0 Å². The van der Waals surface area contributed by atoms with Gasteiger partial charge < -0.3 is 0 Å². The number of fused-ring (bicyclic) bond motifs is 1. The topological polar surface area (TPSA) is 0 Å². The van der Waals surface area contributed by atoms with E-state index in [1.165, 1.54) is 48.9 Å². The maximum absolute atomic E-state index is 6.67. The summed E-state index contributed by atoms with van der Waals surface area (Å²) < 4.78 is 0. The van der Waals surface area contributed by atoms with E-state index in [-0.39, 0.29) is 0 Å². The van der Waals surface area contributed by atoms with E-state index in [1.54, 1.807) is 0 Å². The highest BCUT2D eigenvalue weighted by atomic mass is 35.5. The number of rotatable bonds is 5. The molecule has 5 rings (SSSR count). The number of allylic oxidation sites excluding steroid dienone is 2. The Bertz CT molecular complexity index is 1430. The summed E-state index contributed by atoms with van der Waals surface area (Å²) in [7, 11) is -0.772. The molecule has 5 aromatic carbocycles. The molecule has 0 unspecified atom stereocenters. The Morgan fingerprint density at radius 1 is 0.706 bits per heavy atom. The van der Waals surface area contributed by atoms with Gasteiger partial charge in [0.2, 0.25) is 0 Å². The number of benzene rings is 5. The molecular formula is C32H26ClP. The van der Waals surface area contributed by atoms with Gasteiger partial charge in [0.15, 0.2) is 0 Å². The van der Waals surface area contributed by atoms with Gasteiger partial charge in [-0.1, -0.05) is 121 Å². The van der Waals surface area contributed by atoms with Crippen LogP contribution < -0.4 is 15.9 Å². The van der Waals surface area contributed by atoms with Crippen LogP contribution in [0.15, 0.2) is 121 Å². The lowest BCUT2D eigenvalue weighted by Crippen LogP contribution is -2.22. The van der Waals surface area contributed by atoms with E-state index in [0.717, 1.165) is 5.02 Å². The molecule has 0 aliphatic heterocycles. The minimum absolute atomic E-state index is 0.756. The highest BCUT2D eigenvalue weighted by Gasteiger charge is 2.23. The SMILES string of the molecule is C/C=C(\C)c1ccc2ccccc2c1-c1cc(Cl)ccc1P(c1ccccc1)c1ccccc1. The molecule has 0 fully saturated rings.